The van der Waals surface area contributed by atoms with Gasteiger partial charge in [0.05, 0.1) is 12.5 Å². The monoisotopic (exact) mass is 423 g/mol. The van der Waals surface area contributed by atoms with Crippen molar-refractivity contribution in [2.45, 2.75) is 58.2 Å². The Morgan fingerprint density at radius 1 is 1.14 bits per heavy atom. The third-order valence-electron chi connectivity index (χ3n) is 5.14. The summed E-state index contributed by atoms with van der Waals surface area (Å²) in [5.74, 6) is 0.488. The van der Waals surface area contributed by atoms with E-state index >= 15 is 0 Å². The number of rotatable bonds is 3. The van der Waals surface area contributed by atoms with Crippen molar-refractivity contribution in [2.24, 2.45) is 5.92 Å². The summed E-state index contributed by atoms with van der Waals surface area (Å²) in [6, 6.07) is 1.74. The largest absolute Gasteiger partial charge is 0.487 e. The number of pyridine rings is 1. The highest BCUT2D eigenvalue weighted by molar-refractivity contribution is 6.31. The molecule has 0 aliphatic carbocycles. The number of likely N-dealkylation sites (tertiary alicyclic amines) is 2. The van der Waals surface area contributed by atoms with Gasteiger partial charge in [-0.05, 0) is 46.5 Å². The summed E-state index contributed by atoms with van der Waals surface area (Å²) in [4.78, 5) is 33.0. The van der Waals surface area contributed by atoms with Gasteiger partial charge in [0.25, 0.3) is 0 Å². The first kappa shape index (κ1) is 21.7. The Balaban J connectivity index is 1.57. The number of carbonyl (C=O) groups excluding carboxylic acids is 2. The third-order valence-corrected chi connectivity index (χ3v) is 5.42. The smallest absolute Gasteiger partial charge is 0.410 e. The summed E-state index contributed by atoms with van der Waals surface area (Å²) in [5, 5.41) is 0.469. The topological polar surface area (TPSA) is 72.0 Å². The van der Waals surface area contributed by atoms with Gasteiger partial charge in [-0.15, -0.1) is 0 Å². The molecule has 2 amide bonds. The van der Waals surface area contributed by atoms with Crippen LogP contribution >= 0.6 is 11.6 Å². The molecule has 7 nitrogen and oxygen atoms in total. The van der Waals surface area contributed by atoms with Gasteiger partial charge in [-0.25, -0.2) is 4.79 Å². The van der Waals surface area contributed by atoms with Crippen molar-refractivity contribution >= 4 is 23.6 Å². The molecule has 0 spiro atoms. The van der Waals surface area contributed by atoms with Gasteiger partial charge in [0.15, 0.2) is 0 Å². The zero-order valence-corrected chi connectivity index (χ0v) is 18.2. The molecule has 1 aromatic heterocycles. The van der Waals surface area contributed by atoms with Crippen molar-refractivity contribution in [3.05, 3.63) is 23.5 Å². The molecular formula is C21H30ClN3O4. The van der Waals surface area contributed by atoms with Crippen LogP contribution in [0.2, 0.25) is 5.02 Å². The summed E-state index contributed by atoms with van der Waals surface area (Å²) < 4.78 is 11.5. The van der Waals surface area contributed by atoms with Crippen LogP contribution in [-0.4, -0.2) is 64.7 Å². The molecule has 0 aromatic carbocycles. The number of amides is 2. The maximum Gasteiger partial charge on any atom is 0.410 e. The molecule has 0 radical (unpaired) electrons. The molecule has 2 aliphatic heterocycles. The molecule has 2 fully saturated rings. The lowest BCUT2D eigenvalue weighted by Gasteiger charge is -2.38. The number of piperidine rings is 2. The van der Waals surface area contributed by atoms with Crippen molar-refractivity contribution in [3.63, 3.8) is 0 Å². The predicted molar refractivity (Wildman–Crippen MR) is 110 cm³/mol. The summed E-state index contributed by atoms with van der Waals surface area (Å²) in [5.41, 5.74) is -0.542. The quantitative estimate of drug-likeness (QED) is 0.740. The SMILES string of the molecule is CC(C)(C)OC(=O)N1CCCC(C(=O)N2CCCC(Oc3ccncc3Cl)C2)C1. The zero-order valence-electron chi connectivity index (χ0n) is 17.4. The Morgan fingerprint density at radius 3 is 2.59 bits per heavy atom. The van der Waals surface area contributed by atoms with Crippen LogP contribution in [0.25, 0.3) is 0 Å². The van der Waals surface area contributed by atoms with Crippen molar-refractivity contribution in [3.8, 4) is 5.75 Å². The first-order valence-electron chi connectivity index (χ1n) is 10.3. The predicted octanol–water partition coefficient (Wildman–Crippen LogP) is 3.75. The fraction of sp³-hybridized carbons (Fsp3) is 0.667. The van der Waals surface area contributed by atoms with Gasteiger partial charge in [-0.2, -0.15) is 0 Å². The van der Waals surface area contributed by atoms with Crippen LogP contribution in [0.1, 0.15) is 46.5 Å². The number of aromatic nitrogens is 1. The Hall–Kier alpha value is -2.02. The minimum Gasteiger partial charge on any atom is -0.487 e. The molecule has 29 heavy (non-hydrogen) atoms. The standard InChI is InChI=1S/C21H30ClN3O4/c1-21(2,3)29-20(27)25-11-4-6-15(13-25)19(26)24-10-5-7-16(14-24)28-18-8-9-23-12-17(18)22/h8-9,12,15-16H,4-7,10-11,13-14H2,1-3H3. The van der Waals surface area contributed by atoms with Gasteiger partial charge in [-0.1, -0.05) is 11.6 Å². The minimum atomic E-state index is -0.542. The van der Waals surface area contributed by atoms with E-state index in [4.69, 9.17) is 21.1 Å². The molecule has 2 atom stereocenters. The van der Waals surface area contributed by atoms with Gasteiger partial charge >= 0.3 is 6.09 Å². The van der Waals surface area contributed by atoms with E-state index in [1.54, 1.807) is 23.4 Å². The second-order valence-corrected chi connectivity index (χ2v) is 9.15. The van der Waals surface area contributed by atoms with Gasteiger partial charge < -0.3 is 19.3 Å². The lowest BCUT2D eigenvalue weighted by Crippen LogP contribution is -2.51. The minimum absolute atomic E-state index is 0.0902. The Labute approximate surface area is 177 Å². The number of nitrogens with zero attached hydrogens (tertiary/aromatic N) is 3. The van der Waals surface area contributed by atoms with Crippen LogP contribution in [0, 0.1) is 5.92 Å². The highest BCUT2D eigenvalue weighted by atomic mass is 35.5. The van der Waals surface area contributed by atoms with Crippen molar-refractivity contribution < 1.29 is 19.1 Å². The van der Waals surface area contributed by atoms with Crippen molar-refractivity contribution in [1.29, 1.82) is 0 Å². The van der Waals surface area contributed by atoms with Crippen molar-refractivity contribution in [1.82, 2.24) is 14.8 Å². The number of hydrogen-bond acceptors (Lipinski definition) is 5. The van der Waals surface area contributed by atoms with Gasteiger partial charge in [0.2, 0.25) is 5.91 Å². The highest BCUT2D eigenvalue weighted by Gasteiger charge is 2.35. The molecule has 1 aromatic rings. The number of carbonyl (C=O) groups is 2. The summed E-state index contributed by atoms with van der Waals surface area (Å²) >= 11 is 6.14. The van der Waals surface area contributed by atoms with Crippen LogP contribution in [0.4, 0.5) is 4.79 Å². The summed E-state index contributed by atoms with van der Waals surface area (Å²) in [6.07, 6.45) is 6.08. The molecule has 2 unspecified atom stereocenters. The van der Waals surface area contributed by atoms with E-state index in [0.29, 0.717) is 37.0 Å². The summed E-state index contributed by atoms with van der Waals surface area (Å²) in [7, 11) is 0. The van der Waals surface area contributed by atoms with E-state index in [-0.39, 0.29) is 24.0 Å². The van der Waals surface area contributed by atoms with E-state index in [1.165, 1.54) is 0 Å². The molecule has 0 saturated carbocycles. The van der Waals surface area contributed by atoms with Crippen LogP contribution in [-0.2, 0) is 9.53 Å². The summed E-state index contributed by atoms with van der Waals surface area (Å²) in [6.45, 7) is 7.82. The average Bonchev–Trinajstić information content (AvgIpc) is 2.68. The molecule has 160 valence electrons. The molecule has 2 aliphatic rings. The van der Waals surface area contributed by atoms with Crippen LogP contribution in [0.15, 0.2) is 18.5 Å². The number of hydrogen-bond donors (Lipinski definition) is 0. The van der Waals surface area contributed by atoms with Gasteiger partial charge in [0.1, 0.15) is 22.5 Å². The maximum absolute atomic E-state index is 13.1. The van der Waals surface area contributed by atoms with E-state index in [9.17, 15) is 9.59 Å². The Morgan fingerprint density at radius 2 is 1.86 bits per heavy atom. The lowest BCUT2D eigenvalue weighted by atomic mass is 9.95. The van der Waals surface area contributed by atoms with Crippen LogP contribution < -0.4 is 4.74 Å². The molecule has 0 bridgehead atoms. The maximum atomic E-state index is 13.1. The highest BCUT2D eigenvalue weighted by Crippen LogP contribution is 2.27. The van der Waals surface area contributed by atoms with E-state index in [0.717, 1.165) is 25.7 Å². The lowest BCUT2D eigenvalue weighted by molar-refractivity contribution is -0.139. The molecule has 2 saturated heterocycles. The van der Waals surface area contributed by atoms with Crippen molar-refractivity contribution in [2.75, 3.05) is 26.2 Å². The number of halogens is 1. The van der Waals surface area contributed by atoms with E-state index in [2.05, 4.69) is 4.98 Å². The van der Waals surface area contributed by atoms with Crippen LogP contribution in [0.5, 0.6) is 5.75 Å². The van der Waals surface area contributed by atoms with Gasteiger partial charge in [-0.3, -0.25) is 9.78 Å². The van der Waals surface area contributed by atoms with Crippen LogP contribution in [0.3, 0.4) is 0 Å². The fourth-order valence-electron chi connectivity index (χ4n) is 3.80. The Kier molecular flexibility index (Phi) is 6.88. The zero-order chi connectivity index (χ0) is 21.0. The van der Waals surface area contributed by atoms with Gasteiger partial charge in [0, 0.05) is 38.1 Å². The molecule has 0 N–H and O–H groups in total. The Bertz CT molecular complexity index is 737. The van der Waals surface area contributed by atoms with E-state index < -0.39 is 5.60 Å². The third kappa shape index (κ3) is 5.98. The molecule has 8 heteroatoms. The normalized spacial score (nSPS) is 22.9. The molecular weight excluding hydrogens is 394 g/mol. The first-order chi connectivity index (χ1) is 13.7. The number of ether oxygens (including phenoxy) is 2. The second kappa shape index (κ2) is 9.20. The average molecular weight is 424 g/mol. The van der Waals surface area contributed by atoms with E-state index in [1.807, 2.05) is 25.7 Å². The fourth-order valence-corrected chi connectivity index (χ4v) is 3.97. The first-order valence-corrected chi connectivity index (χ1v) is 10.6. The second-order valence-electron chi connectivity index (χ2n) is 8.74. The molecule has 3 rings (SSSR count). The molecule has 3 heterocycles.